The van der Waals surface area contributed by atoms with Gasteiger partial charge in [-0.25, -0.2) is 14.6 Å². The lowest BCUT2D eigenvalue weighted by Gasteiger charge is -2.60. The van der Waals surface area contributed by atoms with Gasteiger partial charge in [-0.15, -0.1) is 0 Å². The van der Waals surface area contributed by atoms with E-state index in [1.165, 1.54) is 0 Å². The third kappa shape index (κ3) is 6.72. The molecule has 6 aliphatic rings. The molecule has 0 N–H and O–H groups in total. The summed E-state index contributed by atoms with van der Waals surface area (Å²) in [5.41, 5.74) is -0.871. The number of ether oxygens (including phenoxy) is 8. The predicted octanol–water partition coefficient (Wildman–Crippen LogP) is 3.81. The van der Waals surface area contributed by atoms with E-state index in [1.807, 2.05) is 13.8 Å². The highest BCUT2D eigenvalue weighted by Gasteiger charge is 2.70. The second-order valence-corrected chi connectivity index (χ2v) is 15.0. The second kappa shape index (κ2) is 14.1. The molecule has 14 nitrogen and oxygen atoms in total. The van der Waals surface area contributed by atoms with Crippen molar-refractivity contribution in [3.05, 3.63) is 0 Å². The summed E-state index contributed by atoms with van der Waals surface area (Å²) in [5, 5.41) is 0. The van der Waals surface area contributed by atoms with Gasteiger partial charge in [-0.05, 0) is 38.0 Å². The molecule has 272 valence electrons. The van der Waals surface area contributed by atoms with E-state index < -0.39 is 96.3 Å². The van der Waals surface area contributed by atoms with Gasteiger partial charge >= 0.3 is 23.9 Å². The Morgan fingerprint density at radius 2 is 1.29 bits per heavy atom. The van der Waals surface area contributed by atoms with Crippen LogP contribution in [0, 0.1) is 41.4 Å². The monoisotopic (exact) mass is 684 g/mol. The van der Waals surface area contributed by atoms with Crippen LogP contribution in [0.15, 0.2) is 0 Å². The van der Waals surface area contributed by atoms with Crippen LogP contribution in [0.3, 0.4) is 0 Å². The molecule has 6 rings (SSSR count). The molecule has 1 aliphatic carbocycles. The average molecular weight is 685 g/mol. The molecule has 1 spiro atoms. The Hall–Kier alpha value is -2.36. The molecule has 5 saturated heterocycles. The molecular formula is C34H52O14. The van der Waals surface area contributed by atoms with Gasteiger partial charge in [-0.3, -0.25) is 14.4 Å². The lowest BCUT2D eigenvalue weighted by atomic mass is 9.58. The van der Waals surface area contributed by atoms with Gasteiger partial charge in [0.1, 0.15) is 0 Å². The molecule has 0 aromatic rings. The lowest BCUT2D eigenvalue weighted by molar-refractivity contribution is -0.579. The molecular weight excluding hydrogens is 632 g/mol. The van der Waals surface area contributed by atoms with Gasteiger partial charge in [0.25, 0.3) is 0 Å². The molecule has 6 fully saturated rings. The molecule has 1 saturated carbocycles. The normalized spacial score (nSPS) is 42.1. The minimum Gasteiger partial charge on any atom is -0.467 e. The van der Waals surface area contributed by atoms with Crippen LogP contribution in [0.5, 0.6) is 0 Å². The smallest absolute Gasteiger partial charge is 0.339 e. The van der Waals surface area contributed by atoms with Crippen LogP contribution < -0.4 is 0 Å². The predicted molar refractivity (Wildman–Crippen MR) is 163 cm³/mol. The van der Waals surface area contributed by atoms with Gasteiger partial charge in [-0.2, -0.15) is 0 Å². The van der Waals surface area contributed by atoms with Crippen molar-refractivity contribution in [2.75, 3.05) is 7.11 Å². The summed E-state index contributed by atoms with van der Waals surface area (Å²) in [5.74, 6) is -5.76. The Kier molecular flexibility index (Phi) is 10.8. The highest BCUT2D eigenvalue weighted by atomic mass is 17.3. The molecule has 0 aromatic heterocycles. The van der Waals surface area contributed by atoms with Crippen molar-refractivity contribution in [3.8, 4) is 0 Å². The molecule has 5 heterocycles. The number of fused-ring (bicyclic) bond motifs is 2. The zero-order valence-electron chi connectivity index (χ0n) is 29.6. The van der Waals surface area contributed by atoms with Crippen LogP contribution >= 0.6 is 0 Å². The van der Waals surface area contributed by atoms with Crippen LogP contribution in [0.25, 0.3) is 0 Å². The van der Waals surface area contributed by atoms with E-state index in [2.05, 4.69) is 6.92 Å². The quantitative estimate of drug-likeness (QED) is 0.196. The topological polar surface area (TPSA) is 161 Å². The summed E-state index contributed by atoms with van der Waals surface area (Å²) in [6.45, 7) is 15.7. The van der Waals surface area contributed by atoms with Gasteiger partial charge < -0.3 is 37.9 Å². The summed E-state index contributed by atoms with van der Waals surface area (Å²) in [6.07, 6.45) is -6.29. The molecule has 0 radical (unpaired) electrons. The number of carbonyl (C=O) groups excluding carboxylic acids is 4. The summed E-state index contributed by atoms with van der Waals surface area (Å²) in [4.78, 5) is 64.6. The maximum atomic E-state index is 13.2. The Labute approximate surface area is 281 Å². The van der Waals surface area contributed by atoms with Crippen LogP contribution in [0.2, 0.25) is 0 Å². The van der Waals surface area contributed by atoms with Crippen molar-refractivity contribution in [2.45, 2.75) is 143 Å². The minimum absolute atomic E-state index is 0.111. The maximum absolute atomic E-state index is 13.2. The highest BCUT2D eigenvalue weighted by molar-refractivity contribution is 5.78. The largest absolute Gasteiger partial charge is 0.467 e. The summed E-state index contributed by atoms with van der Waals surface area (Å²) < 4.78 is 48.3. The Balaban J connectivity index is 1.53. The van der Waals surface area contributed by atoms with Gasteiger partial charge in [0.15, 0.2) is 42.6 Å². The van der Waals surface area contributed by atoms with E-state index in [4.69, 9.17) is 47.7 Å². The van der Waals surface area contributed by atoms with Crippen LogP contribution in [-0.2, 0) is 66.8 Å². The fraction of sp³-hybridized carbons (Fsp3) is 0.882. The highest BCUT2D eigenvalue weighted by Crippen LogP contribution is 2.60. The molecule has 14 heteroatoms. The van der Waals surface area contributed by atoms with Crippen molar-refractivity contribution < 1.29 is 66.8 Å². The SMILES string of the molecule is COC(=O)[C@H]1O[C@@H](O[C@H]2O[C@@H]3O[C@]4(C)CC[C@H]5[C@H](C)CC[C@@H]([C@H]2C)[C@@]35OO4)[C@H](OC(=O)C(C)C)[C@@H](OC(=O)C(C)C)[C@@H]1OC(=O)C(C)C. The maximum Gasteiger partial charge on any atom is 0.339 e. The second-order valence-electron chi connectivity index (χ2n) is 15.0. The summed E-state index contributed by atoms with van der Waals surface area (Å²) in [6, 6.07) is 0. The first-order valence-corrected chi connectivity index (χ1v) is 17.2. The molecule has 0 amide bonds. The number of hydrogen-bond donors (Lipinski definition) is 0. The third-order valence-corrected chi connectivity index (χ3v) is 10.5. The van der Waals surface area contributed by atoms with E-state index in [0.717, 1.165) is 26.4 Å². The Bertz CT molecular complexity index is 1220. The molecule has 0 aromatic carbocycles. The third-order valence-electron chi connectivity index (χ3n) is 10.5. The molecule has 13 atom stereocenters. The molecule has 0 unspecified atom stereocenters. The van der Waals surface area contributed by atoms with E-state index in [-0.39, 0.29) is 17.8 Å². The lowest BCUT2D eigenvalue weighted by Crippen LogP contribution is -2.71. The zero-order valence-corrected chi connectivity index (χ0v) is 29.6. The number of methoxy groups -OCH3 is 1. The molecule has 2 bridgehead atoms. The van der Waals surface area contributed by atoms with Crippen molar-refractivity contribution in [1.82, 2.24) is 0 Å². The summed E-state index contributed by atoms with van der Waals surface area (Å²) >= 11 is 0. The van der Waals surface area contributed by atoms with Crippen molar-refractivity contribution in [1.29, 1.82) is 0 Å². The van der Waals surface area contributed by atoms with Crippen molar-refractivity contribution in [2.24, 2.45) is 41.4 Å². The average Bonchev–Trinajstić information content (AvgIpc) is 3.26. The van der Waals surface area contributed by atoms with Crippen molar-refractivity contribution in [3.63, 3.8) is 0 Å². The van der Waals surface area contributed by atoms with Gasteiger partial charge in [0.2, 0.25) is 12.1 Å². The number of esters is 4. The Morgan fingerprint density at radius 1 is 0.708 bits per heavy atom. The fourth-order valence-electron chi connectivity index (χ4n) is 7.58. The van der Waals surface area contributed by atoms with Gasteiger partial charge in [-0.1, -0.05) is 55.4 Å². The molecule has 5 aliphatic heterocycles. The zero-order chi connectivity index (χ0) is 35.3. The van der Waals surface area contributed by atoms with Crippen LogP contribution in [-0.4, -0.2) is 85.7 Å². The fourth-order valence-corrected chi connectivity index (χ4v) is 7.58. The number of carbonyl (C=O) groups is 4. The van der Waals surface area contributed by atoms with Crippen molar-refractivity contribution >= 4 is 23.9 Å². The van der Waals surface area contributed by atoms with E-state index in [0.29, 0.717) is 12.3 Å². The number of hydrogen-bond acceptors (Lipinski definition) is 14. The van der Waals surface area contributed by atoms with E-state index >= 15 is 0 Å². The Morgan fingerprint density at radius 3 is 1.88 bits per heavy atom. The summed E-state index contributed by atoms with van der Waals surface area (Å²) in [7, 11) is 1.15. The van der Waals surface area contributed by atoms with E-state index in [1.54, 1.807) is 41.5 Å². The van der Waals surface area contributed by atoms with Gasteiger partial charge in [0.05, 0.1) is 24.9 Å². The van der Waals surface area contributed by atoms with E-state index in [9.17, 15) is 19.2 Å². The first-order chi connectivity index (χ1) is 22.5. The van der Waals surface area contributed by atoms with Crippen LogP contribution in [0.1, 0.15) is 88.0 Å². The minimum atomic E-state index is -1.60. The first-order valence-electron chi connectivity index (χ1n) is 17.2. The van der Waals surface area contributed by atoms with Crippen LogP contribution in [0.4, 0.5) is 0 Å². The molecule has 48 heavy (non-hydrogen) atoms. The van der Waals surface area contributed by atoms with Gasteiger partial charge in [0, 0.05) is 18.3 Å². The number of rotatable bonds is 9. The standard InChI is InChI=1S/C34H52O14/c1-15(2)26(35)40-22-23(41-27(36)16(3)4)25(42-28(37)17(5)6)31(43-24(22)29(38)39-10)44-30-19(8)21-12-11-18(7)20-13-14-33(9)46-32(45-30)34(20,21)48-47-33/h15-25,30-32H,11-14H2,1-10H3/t18-,19-,20+,21+,22+,23+,24+,25-,30+,31+,32-,33+,34-/m1/s1. The first kappa shape index (κ1) is 36.9.